The van der Waals surface area contributed by atoms with Crippen LogP contribution in [0.4, 0.5) is 0 Å². The van der Waals surface area contributed by atoms with Crippen molar-refractivity contribution in [2.45, 2.75) is 117 Å². The summed E-state index contributed by atoms with van der Waals surface area (Å²) in [5.41, 5.74) is 0. The van der Waals surface area contributed by atoms with E-state index < -0.39 is 0 Å². The number of hydrogen-bond donors (Lipinski definition) is 0. The number of likely N-dealkylation sites (tertiary alicyclic amines) is 1. The van der Waals surface area contributed by atoms with Crippen LogP contribution in [0.3, 0.4) is 0 Å². The van der Waals surface area contributed by atoms with Crippen molar-refractivity contribution in [3.8, 4) is 0 Å². The molecule has 0 saturated carbocycles. The molecule has 1 rings (SSSR count). The van der Waals surface area contributed by atoms with Gasteiger partial charge in [0.15, 0.2) is 0 Å². The molecule has 0 aliphatic carbocycles. The van der Waals surface area contributed by atoms with Gasteiger partial charge in [0, 0.05) is 6.54 Å². The van der Waals surface area contributed by atoms with E-state index in [2.05, 4.69) is 30.7 Å². The largest absolute Gasteiger partial charge is 0.306 e. The lowest BCUT2D eigenvalue weighted by atomic mass is 10.0. The predicted octanol–water partition coefficient (Wildman–Crippen LogP) is 7.13. The van der Waals surface area contributed by atoms with E-state index in [1.807, 2.05) is 0 Å². The molecule has 1 aliphatic heterocycles. The van der Waals surface area contributed by atoms with Crippen molar-refractivity contribution < 1.29 is 0 Å². The molecule has 2 nitrogen and oxygen atoms in total. The van der Waals surface area contributed by atoms with Gasteiger partial charge < -0.3 is 9.80 Å². The van der Waals surface area contributed by atoms with Crippen molar-refractivity contribution in [2.24, 2.45) is 5.92 Å². The molecule has 27 heavy (non-hydrogen) atoms. The smallest absolute Gasteiger partial charge is 0.000756 e. The third-order valence-corrected chi connectivity index (χ3v) is 6.50. The highest BCUT2D eigenvalue weighted by molar-refractivity contribution is 4.74. The number of rotatable bonds is 19. The summed E-state index contributed by atoms with van der Waals surface area (Å²) >= 11 is 0. The van der Waals surface area contributed by atoms with Crippen molar-refractivity contribution >= 4 is 0 Å². The predicted molar refractivity (Wildman–Crippen MR) is 123 cm³/mol. The first-order chi connectivity index (χ1) is 13.3. The molecule has 0 bridgehead atoms. The van der Waals surface area contributed by atoms with Gasteiger partial charge in [0.25, 0.3) is 0 Å². The van der Waals surface area contributed by atoms with Crippen molar-refractivity contribution in [3.05, 3.63) is 0 Å². The van der Waals surface area contributed by atoms with Crippen LogP contribution in [0.15, 0.2) is 0 Å². The number of unbranched alkanes of at least 4 members (excludes halogenated alkanes) is 12. The second-order valence-corrected chi connectivity index (χ2v) is 9.29. The summed E-state index contributed by atoms with van der Waals surface area (Å²) in [5, 5.41) is 0. The van der Waals surface area contributed by atoms with Crippen molar-refractivity contribution in [3.63, 3.8) is 0 Å². The van der Waals surface area contributed by atoms with E-state index in [0.29, 0.717) is 0 Å². The molecule has 1 atom stereocenters. The minimum atomic E-state index is 0.959. The van der Waals surface area contributed by atoms with Crippen LogP contribution in [-0.4, -0.2) is 49.6 Å². The summed E-state index contributed by atoms with van der Waals surface area (Å²) in [6, 6.07) is 0. The molecule has 0 radical (unpaired) electrons. The van der Waals surface area contributed by atoms with Crippen LogP contribution < -0.4 is 0 Å². The van der Waals surface area contributed by atoms with E-state index in [1.54, 1.807) is 0 Å². The number of nitrogens with zero attached hydrogens (tertiary/aromatic N) is 2. The summed E-state index contributed by atoms with van der Waals surface area (Å²) in [6.07, 6.45) is 22.9. The van der Waals surface area contributed by atoms with Gasteiger partial charge in [-0.15, -0.1) is 0 Å². The summed E-state index contributed by atoms with van der Waals surface area (Å²) in [5.74, 6) is 0.959. The molecule has 1 aliphatic rings. The molecular weight excluding hydrogens is 328 g/mol. The van der Waals surface area contributed by atoms with Crippen molar-refractivity contribution in [1.82, 2.24) is 9.80 Å². The van der Waals surface area contributed by atoms with Gasteiger partial charge in [-0.25, -0.2) is 0 Å². The highest BCUT2D eigenvalue weighted by Crippen LogP contribution is 2.19. The molecule has 1 unspecified atom stereocenters. The molecule has 1 heterocycles. The van der Waals surface area contributed by atoms with E-state index in [-0.39, 0.29) is 0 Å². The van der Waals surface area contributed by atoms with E-state index >= 15 is 0 Å². The Labute approximate surface area is 172 Å². The Morgan fingerprint density at radius 3 is 1.59 bits per heavy atom. The monoisotopic (exact) mass is 380 g/mol. The van der Waals surface area contributed by atoms with Crippen LogP contribution in [0.1, 0.15) is 117 Å². The Morgan fingerprint density at radius 1 is 0.667 bits per heavy atom. The Kier molecular flexibility index (Phi) is 16.6. The SMILES string of the molecule is CCCCCCCCCN(CCCCCCCCC)CCC1CCN(C)C1. The van der Waals surface area contributed by atoms with Gasteiger partial charge in [-0.05, 0) is 64.8 Å². The zero-order valence-corrected chi connectivity index (χ0v) is 19.3. The van der Waals surface area contributed by atoms with Gasteiger partial charge >= 0.3 is 0 Å². The molecule has 0 spiro atoms. The van der Waals surface area contributed by atoms with Gasteiger partial charge in [0.2, 0.25) is 0 Å². The Bertz CT molecular complexity index is 287. The van der Waals surface area contributed by atoms with E-state index in [4.69, 9.17) is 0 Å². The molecular formula is C25H52N2. The van der Waals surface area contributed by atoms with Crippen LogP contribution in [0.25, 0.3) is 0 Å². The third-order valence-electron chi connectivity index (χ3n) is 6.50. The van der Waals surface area contributed by atoms with E-state index in [0.717, 1.165) is 5.92 Å². The normalized spacial score (nSPS) is 18.0. The van der Waals surface area contributed by atoms with Crippen molar-refractivity contribution in [1.29, 1.82) is 0 Å². The first-order valence-electron chi connectivity index (χ1n) is 12.7. The third kappa shape index (κ3) is 14.6. The molecule has 162 valence electrons. The molecule has 0 N–H and O–H groups in total. The topological polar surface area (TPSA) is 6.48 Å². The molecule has 0 amide bonds. The Balaban J connectivity index is 2.14. The molecule has 1 saturated heterocycles. The van der Waals surface area contributed by atoms with E-state index in [1.165, 1.54) is 135 Å². The summed E-state index contributed by atoms with van der Waals surface area (Å²) in [7, 11) is 2.29. The lowest BCUT2D eigenvalue weighted by molar-refractivity contribution is 0.239. The average Bonchev–Trinajstić information content (AvgIpc) is 3.09. The zero-order valence-electron chi connectivity index (χ0n) is 19.3. The van der Waals surface area contributed by atoms with Gasteiger partial charge in [-0.3, -0.25) is 0 Å². The maximum Gasteiger partial charge on any atom is 0.000756 e. The second kappa shape index (κ2) is 18.0. The average molecular weight is 381 g/mol. The summed E-state index contributed by atoms with van der Waals surface area (Å²) in [6.45, 7) is 11.3. The summed E-state index contributed by atoms with van der Waals surface area (Å²) < 4.78 is 0. The highest BCUT2D eigenvalue weighted by Gasteiger charge is 2.19. The molecule has 0 aromatic rings. The lowest BCUT2D eigenvalue weighted by Gasteiger charge is -2.24. The van der Waals surface area contributed by atoms with Crippen LogP contribution in [0.5, 0.6) is 0 Å². The van der Waals surface area contributed by atoms with Gasteiger partial charge in [-0.1, -0.05) is 90.9 Å². The fourth-order valence-electron chi connectivity index (χ4n) is 4.55. The first kappa shape index (κ1) is 25.0. The van der Waals surface area contributed by atoms with Gasteiger partial charge in [0.1, 0.15) is 0 Å². The minimum absolute atomic E-state index is 0.959. The molecule has 0 aromatic carbocycles. The number of hydrogen-bond acceptors (Lipinski definition) is 2. The molecule has 1 fully saturated rings. The fraction of sp³-hybridized carbons (Fsp3) is 1.00. The van der Waals surface area contributed by atoms with Crippen molar-refractivity contribution in [2.75, 3.05) is 39.8 Å². The van der Waals surface area contributed by atoms with Crippen LogP contribution in [0, 0.1) is 5.92 Å². The van der Waals surface area contributed by atoms with E-state index in [9.17, 15) is 0 Å². The molecule has 0 aromatic heterocycles. The lowest BCUT2D eigenvalue weighted by Crippen LogP contribution is -2.29. The minimum Gasteiger partial charge on any atom is -0.306 e. The van der Waals surface area contributed by atoms with Crippen LogP contribution >= 0.6 is 0 Å². The standard InChI is InChI=1S/C25H52N2/c1-4-6-8-10-12-14-16-20-27(21-17-15-13-11-9-7-5-2)23-19-25-18-22-26(3)24-25/h25H,4-24H2,1-3H3. The van der Waals surface area contributed by atoms with Gasteiger partial charge in [-0.2, -0.15) is 0 Å². The zero-order chi connectivity index (χ0) is 19.6. The Morgan fingerprint density at radius 2 is 1.15 bits per heavy atom. The Hall–Kier alpha value is -0.0800. The maximum atomic E-state index is 2.82. The fourth-order valence-corrected chi connectivity index (χ4v) is 4.55. The van der Waals surface area contributed by atoms with Crippen LogP contribution in [-0.2, 0) is 0 Å². The van der Waals surface area contributed by atoms with Gasteiger partial charge in [0.05, 0.1) is 0 Å². The second-order valence-electron chi connectivity index (χ2n) is 9.29. The highest BCUT2D eigenvalue weighted by atomic mass is 15.1. The quantitative estimate of drug-likeness (QED) is 0.220. The summed E-state index contributed by atoms with van der Waals surface area (Å²) in [4.78, 5) is 5.33. The molecule has 2 heteroatoms. The van der Waals surface area contributed by atoms with Crippen LogP contribution in [0.2, 0.25) is 0 Å². The maximum absolute atomic E-state index is 2.82. The first-order valence-corrected chi connectivity index (χ1v) is 12.7.